The summed E-state index contributed by atoms with van der Waals surface area (Å²) in [7, 11) is 4.11. The Bertz CT molecular complexity index is 464. The van der Waals surface area contributed by atoms with Crippen LogP contribution in [0, 0.1) is 11.8 Å². The second kappa shape index (κ2) is 10.1. The lowest BCUT2D eigenvalue weighted by Gasteiger charge is -2.31. The molecule has 0 radical (unpaired) electrons. The van der Waals surface area contributed by atoms with Gasteiger partial charge in [-0.3, -0.25) is 4.79 Å². The van der Waals surface area contributed by atoms with Gasteiger partial charge in [0.2, 0.25) is 5.91 Å². The highest BCUT2D eigenvalue weighted by atomic mass is 35.5. The third-order valence-corrected chi connectivity index (χ3v) is 3.99. The fourth-order valence-corrected chi connectivity index (χ4v) is 2.45. The van der Waals surface area contributed by atoms with Crippen molar-refractivity contribution in [2.24, 2.45) is 11.8 Å². The number of rotatable bonds is 6. The Morgan fingerprint density at radius 2 is 1.86 bits per heavy atom. The van der Waals surface area contributed by atoms with Gasteiger partial charge >= 0.3 is 0 Å². The Morgan fingerprint density at radius 3 is 2.36 bits per heavy atom. The van der Waals surface area contributed by atoms with Crippen LogP contribution in [0.3, 0.4) is 0 Å². The van der Waals surface area contributed by atoms with Crippen molar-refractivity contribution in [3.63, 3.8) is 0 Å². The second-order valence-electron chi connectivity index (χ2n) is 5.93. The van der Waals surface area contributed by atoms with E-state index in [4.69, 9.17) is 0 Å². The largest absolute Gasteiger partial charge is 0.352 e. The Hall–Kier alpha value is -0.810. The van der Waals surface area contributed by atoms with Crippen molar-refractivity contribution in [3.8, 4) is 0 Å². The molecule has 1 aliphatic heterocycles. The van der Waals surface area contributed by atoms with Crippen LogP contribution in [0.25, 0.3) is 0 Å². The highest BCUT2D eigenvalue weighted by molar-refractivity contribution is 5.85. The Labute approximate surface area is 145 Å². The van der Waals surface area contributed by atoms with E-state index < -0.39 is 0 Å². The summed E-state index contributed by atoms with van der Waals surface area (Å²) in [5.74, 6) is 0.750. The number of nitrogens with one attached hydrogen (secondary N) is 2. The number of hydrogen-bond donors (Lipinski definition) is 2. The van der Waals surface area contributed by atoms with Gasteiger partial charge in [-0.1, -0.05) is 31.2 Å². The van der Waals surface area contributed by atoms with Crippen molar-refractivity contribution in [2.75, 3.05) is 27.2 Å². The molecule has 1 heterocycles. The predicted octanol–water partition coefficient (Wildman–Crippen LogP) is 2.06. The molecule has 1 fully saturated rings. The zero-order valence-corrected chi connectivity index (χ0v) is 15.1. The minimum atomic E-state index is 0. The molecule has 126 valence electrons. The van der Waals surface area contributed by atoms with Gasteiger partial charge in [0.25, 0.3) is 0 Å². The maximum absolute atomic E-state index is 12.1. The van der Waals surface area contributed by atoms with Crippen LogP contribution in [0.2, 0.25) is 0 Å². The number of nitrogens with zero attached hydrogens (tertiary/aromatic N) is 1. The Balaban J connectivity index is 0.00000220. The minimum Gasteiger partial charge on any atom is -0.352 e. The van der Waals surface area contributed by atoms with Gasteiger partial charge in [0.15, 0.2) is 0 Å². The van der Waals surface area contributed by atoms with Gasteiger partial charge < -0.3 is 15.5 Å². The summed E-state index contributed by atoms with van der Waals surface area (Å²) in [6.07, 6.45) is 0. The van der Waals surface area contributed by atoms with Crippen LogP contribution in [0.4, 0.5) is 0 Å². The number of carbonyl (C=O) groups excluding carboxylic acids is 1. The summed E-state index contributed by atoms with van der Waals surface area (Å²) in [6.45, 7) is 5.46. The molecule has 0 saturated carbocycles. The van der Waals surface area contributed by atoms with Gasteiger partial charge in [-0.2, -0.15) is 0 Å². The van der Waals surface area contributed by atoms with Crippen molar-refractivity contribution in [1.82, 2.24) is 15.5 Å². The van der Waals surface area contributed by atoms with E-state index >= 15 is 0 Å². The average molecular weight is 348 g/mol. The molecule has 1 aliphatic rings. The van der Waals surface area contributed by atoms with Crippen molar-refractivity contribution in [3.05, 3.63) is 35.4 Å². The first-order valence-electron chi connectivity index (χ1n) is 7.28. The van der Waals surface area contributed by atoms with Gasteiger partial charge in [0, 0.05) is 19.0 Å². The summed E-state index contributed by atoms with van der Waals surface area (Å²) in [6, 6.07) is 8.29. The molecule has 2 N–H and O–H groups in total. The molecule has 1 atom stereocenters. The maximum Gasteiger partial charge on any atom is 0.223 e. The van der Waals surface area contributed by atoms with Crippen molar-refractivity contribution >= 4 is 30.7 Å². The van der Waals surface area contributed by atoms with Gasteiger partial charge in [-0.05, 0) is 44.2 Å². The lowest BCUT2D eigenvalue weighted by atomic mass is 9.88. The molecule has 1 saturated heterocycles. The van der Waals surface area contributed by atoms with E-state index in [9.17, 15) is 4.79 Å². The van der Waals surface area contributed by atoms with Crippen molar-refractivity contribution in [2.45, 2.75) is 20.0 Å². The van der Waals surface area contributed by atoms with Gasteiger partial charge in [0.05, 0.1) is 0 Å². The predicted molar refractivity (Wildman–Crippen MR) is 95.7 cm³/mol. The van der Waals surface area contributed by atoms with Crippen molar-refractivity contribution in [1.29, 1.82) is 0 Å². The van der Waals surface area contributed by atoms with Crippen LogP contribution in [-0.4, -0.2) is 38.0 Å². The average Bonchev–Trinajstić information content (AvgIpc) is 2.34. The van der Waals surface area contributed by atoms with Gasteiger partial charge in [-0.15, -0.1) is 24.8 Å². The molecule has 0 aromatic heterocycles. The lowest BCUT2D eigenvalue weighted by Crippen LogP contribution is -2.49. The van der Waals surface area contributed by atoms with Crippen LogP contribution < -0.4 is 10.6 Å². The van der Waals surface area contributed by atoms with E-state index in [1.165, 1.54) is 11.1 Å². The molecule has 6 heteroatoms. The highest BCUT2D eigenvalue weighted by Crippen LogP contribution is 2.16. The van der Waals surface area contributed by atoms with E-state index in [-0.39, 0.29) is 36.6 Å². The van der Waals surface area contributed by atoms with Crippen LogP contribution >= 0.6 is 24.8 Å². The summed E-state index contributed by atoms with van der Waals surface area (Å²) in [4.78, 5) is 14.3. The first-order chi connectivity index (χ1) is 9.58. The molecule has 1 unspecified atom stereocenters. The van der Waals surface area contributed by atoms with Crippen LogP contribution in [-0.2, 0) is 17.9 Å². The highest BCUT2D eigenvalue weighted by Gasteiger charge is 2.28. The molecule has 22 heavy (non-hydrogen) atoms. The molecule has 1 aromatic carbocycles. The summed E-state index contributed by atoms with van der Waals surface area (Å²) >= 11 is 0. The smallest absolute Gasteiger partial charge is 0.223 e. The zero-order valence-electron chi connectivity index (χ0n) is 13.5. The van der Waals surface area contributed by atoms with Crippen molar-refractivity contribution < 1.29 is 4.79 Å². The molecular formula is C16H27Cl2N3O. The number of halogens is 2. The fourth-order valence-electron chi connectivity index (χ4n) is 2.45. The first kappa shape index (κ1) is 21.2. The summed E-state index contributed by atoms with van der Waals surface area (Å²) in [5, 5.41) is 6.29. The molecule has 0 bridgehead atoms. The third kappa shape index (κ3) is 5.76. The standard InChI is InChI=1S/C16H25N3O.2ClH/c1-12(15-8-17-9-15)16(20)18-10-13-6-4-5-7-14(13)11-19(2)3;;/h4-7,12,15,17H,8-11H2,1-3H3,(H,18,20);2*1H. The van der Waals surface area contributed by atoms with Crippen LogP contribution in [0.15, 0.2) is 24.3 Å². The third-order valence-electron chi connectivity index (χ3n) is 3.99. The van der Waals surface area contributed by atoms with Crippen LogP contribution in [0.5, 0.6) is 0 Å². The van der Waals surface area contributed by atoms with Crippen LogP contribution in [0.1, 0.15) is 18.1 Å². The molecule has 0 aliphatic carbocycles. The Kier molecular flexibility index (Phi) is 9.69. The zero-order chi connectivity index (χ0) is 14.5. The minimum absolute atomic E-state index is 0. The number of amides is 1. The number of hydrogen-bond acceptors (Lipinski definition) is 3. The monoisotopic (exact) mass is 347 g/mol. The normalized spacial score (nSPS) is 15.3. The van der Waals surface area contributed by atoms with E-state index in [0.717, 1.165) is 19.6 Å². The molecule has 2 rings (SSSR count). The quantitative estimate of drug-likeness (QED) is 0.827. The van der Waals surface area contributed by atoms with E-state index in [1.54, 1.807) is 0 Å². The van der Waals surface area contributed by atoms with E-state index in [1.807, 2.05) is 19.1 Å². The SMILES string of the molecule is CC(C(=O)NCc1ccccc1CN(C)C)C1CNC1.Cl.Cl. The number of benzene rings is 1. The second-order valence-corrected chi connectivity index (χ2v) is 5.93. The van der Waals surface area contributed by atoms with Gasteiger partial charge in [-0.25, -0.2) is 0 Å². The van der Waals surface area contributed by atoms with E-state index in [0.29, 0.717) is 12.5 Å². The van der Waals surface area contributed by atoms with E-state index in [2.05, 4.69) is 41.8 Å². The molecule has 4 nitrogen and oxygen atoms in total. The Morgan fingerprint density at radius 1 is 1.27 bits per heavy atom. The fraction of sp³-hybridized carbons (Fsp3) is 0.562. The van der Waals surface area contributed by atoms with Gasteiger partial charge in [0.1, 0.15) is 0 Å². The summed E-state index contributed by atoms with van der Waals surface area (Å²) < 4.78 is 0. The lowest BCUT2D eigenvalue weighted by molar-refractivity contribution is -0.126. The first-order valence-corrected chi connectivity index (χ1v) is 7.28. The maximum atomic E-state index is 12.1. The molecule has 1 amide bonds. The molecular weight excluding hydrogens is 321 g/mol. The topological polar surface area (TPSA) is 44.4 Å². The molecule has 0 spiro atoms. The number of carbonyl (C=O) groups is 1. The summed E-state index contributed by atoms with van der Waals surface area (Å²) in [5.41, 5.74) is 2.48. The molecule has 1 aromatic rings.